The van der Waals surface area contributed by atoms with Gasteiger partial charge in [-0.15, -0.1) is 0 Å². The summed E-state index contributed by atoms with van der Waals surface area (Å²) in [6, 6.07) is 14.2. The maximum Gasteiger partial charge on any atom is 0.241 e. The molecule has 0 radical (unpaired) electrons. The third kappa shape index (κ3) is 6.11. The van der Waals surface area contributed by atoms with Gasteiger partial charge in [0.1, 0.15) is 5.82 Å². The van der Waals surface area contributed by atoms with Gasteiger partial charge in [0.15, 0.2) is 0 Å². The van der Waals surface area contributed by atoms with E-state index in [9.17, 15) is 14.0 Å². The van der Waals surface area contributed by atoms with Crippen LogP contribution in [0.5, 0.6) is 0 Å². The monoisotopic (exact) mass is 412 g/mol. The lowest BCUT2D eigenvalue weighted by molar-refractivity contribution is -0.124. The second kappa shape index (κ2) is 10.3. The zero-order chi connectivity index (χ0) is 21.5. The van der Waals surface area contributed by atoms with E-state index in [4.69, 9.17) is 0 Å². The zero-order valence-electron chi connectivity index (χ0n) is 17.5. The smallest absolute Gasteiger partial charge is 0.241 e. The molecule has 1 aliphatic rings. The predicted molar refractivity (Wildman–Crippen MR) is 116 cm³/mol. The molecule has 30 heavy (non-hydrogen) atoms. The molecule has 1 fully saturated rings. The number of carbonyl (C=O) groups is 2. The molecule has 0 aromatic heterocycles. The molecule has 6 nitrogen and oxygen atoms in total. The van der Waals surface area contributed by atoms with Crippen LogP contribution in [0.15, 0.2) is 48.5 Å². The van der Waals surface area contributed by atoms with Crippen LogP contribution in [-0.2, 0) is 16.1 Å². The molecular formula is C23H29FN4O2. The van der Waals surface area contributed by atoms with Crippen LogP contribution in [0.25, 0.3) is 0 Å². The summed E-state index contributed by atoms with van der Waals surface area (Å²) < 4.78 is 13.7. The molecule has 2 amide bonds. The van der Waals surface area contributed by atoms with Crippen LogP contribution in [0.1, 0.15) is 18.1 Å². The summed E-state index contributed by atoms with van der Waals surface area (Å²) in [6.45, 7) is 7.24. The molecule has 0 bridgehead atoms. The van der Waals surface area contributed by atoms with Crippen molar-refractivity contribution in [2.75, 3.05) is 38.0 Å². The Morgan fingerprint density at radius 1 is 1.07 bits per heavy atom. The van der Waals surface area contributed by atoms with Crippen molar-refractivity contribution in [3.05, 3.63) is 65.5 Å². The lowest BCUT2D eigenvalue weighted by Gasteiger charge is -2.37. The fourth-order valence-electron chi connectivity index (χ4n) is 3.45. The van der Waals surface area contributed by atoms with Crippen LogP contribution in [0.3, 0.4) is 0 Å². The number of benzene rings is 2. The minimum atomic E-state index is -0.334. The SMILES string of the molecule is Cc1ccc(NC(=O)[C@H](C)N2CCN(CC(=O)NCc3ccccc3)CC2)cc1F. The standard InChI is InChI=1S/C23H29FN4O2/c1-17-8-9-20(14-21(17)24)26-23(30)18(2)28-12-10-27(11-13-28)16-22(29)25-15-19-6-4-3-5-7-19/h3-9,14,18H,10-13,15-16H2,1-2H3,(H,25,29)(H,26,30)/t18-/m0/s1. The molecule has 160 valence electrons. The molecule has 0 unspecified atom stereocenters. The number of hydrogen-bond donors (Lipinski definition) is 2. The highest BCUT2D eigenvalue weighted by molar-refractivity contribution is 5.94. The molecule has 0 saturated carbocycles. The second-order valence-corrected chi connectivity index (χ2v) is 7.70. The minimum absolute atomic E-state index is 0.000470. The summed E-state index contributed by atoms with van der Waals surface area (Å²) in [5, 5.41) is 5.73. The third-order valence-corrected chi connectivity index (χ3v) is 5.47. The number of amides is 2. The van der Waals surface area contributed by atoms with E-state index < -0.39 is 0 Å². The summed E-state index contributed by atoms with van der Waals surface area (Å²) >= 11 is 0. The van der Waals surface area contributed by atoms with Crippen molar-refractivity contribution in [2.45, 2.75) is 26.4 Å². The first-order valence-corrected chi connectivity index (χ1v) is 10.3. The molecular weight excluding hydrogens is 383 g/mol. The van der Waals surface area contributed by atoms with Crippen LogP contribution < -0.4 is 10.6 Å². The van der Waals surface area contributed by atoms with Gasteiger partial charge in [0, 0.05) is 38.4 Å². The zero-order valence-corrected chi connectivity index (χ0v) is 17.5. The number of anilines is 1. The van der Waals surface area contributed by atoms with Gasteiger partial charge in [-0.05, 0) is 37.1 Å². The number of hydrogen-bond acceptors (Lipinski definition) is 4. The molecule has 3 rings (SSSR count). The highest BCUT2D eigenvalue weighted by atomic mass is 19.1. The first-order chi connectivity index (χ1) is 14.4. The largest absolute Gasteiger partial charge is 0.351 e. The molecule has 0 spiro atoms. The average molecular weight is 413 g/mol. The van der Waals surface area contributed by atoms with Gasteiger partial charge in [-0.1, -0.05) is 36.4 Å². The number of nitrogens with one attached hydrogen (secondary N) is 2. The molecule has 2 aromatic rings. The number of aryl methyl sites for hydroxylation is 1. The fourth-order valence-corrected chi connectivity index (χ4v) is 3.45. The topological polar surface area (TPSA) is 64.7 Å². The fraction of sp³-hybridized carbons (Fsp3) is 0.391. The van der Waals surface area contributed by atoms with Gasteiger partial charge >= 0.3 is 0 Å². The maximum atomic E-state index is 13.7. The normalized spacial score (nSPS) is 16.1. The van der Waals surface area contributed by atoms with Crippen LogP contribution in [0.4, 0.5) is 10.1 Å². The van der Waals surface area contributed by atoms with Crippen molar-refractivity contribution >= 4 is 17.5 Å². The first-order valence-electron chi connectivity index (χ1n) is 10.3. The highest BCUT2D eigenvalue weighted by Gasteiger charge is 2.26. The summed E-state index contributed by atoms with van der Waals surface area (Å²) in [6.07, 6.45) is 0. The Balaban J connectivity index is 1.41. The van der Waals surface area contributed by atoms with Gasteiger partial charge in [0.25, 0.3) is 0 Å². The molecule has 1 heterocycles. The molecule has 0 aliphatic carbocycles. The summed E-state index contributed by atoms with van der Waals surface area (Å²) in [4.78, 5) is 28.9. The average Bonchev–Trinajstić information content (AvgIpc) is 2.75. The van der Waals surface area contributed by atoms with E-state index >= 15 is 0 Å². The Bertz CT molecular complexity index is 867. The van der Waals surface area contributed by atoms with E-state index in [0.717, 1.165) is 18.7 Å². The number of rotatable bonds is 7. The van der Waals surface area contributed by atoms with Crippen molar-refractivity contribution in [2.24, 2.45) is 0 Å². The van der Waals surface area contributed by atoms with Gasteiger partial charge in [0.05, 0.1) is 12.6 Å². The number of nitrogens with zero attached hydrogens (tertiary/aromatic N) is 2. The van der Waals surface area contributed by atoms with E-state index in [0.29, 0.717) is 37.4 Å². The summed E-state index contributed by atoms with van der Waals surface area (Å²) in [5.41, 5.74) is 2.08. The Morgan fingerprint density at radius 3 is 2.43 bits per heavy atom. The van der Waals surface area contributed by atoms with Gasteiger partial charge in [0.2, 0.25) is 11.8 Å². The molecule has 1 saturated heterocycles. The molecule has 7 heteroatoms. The van der Waals surface area contributed by atoms with Crippen LogP contribution in [0.2, 0.25) is 0 Å². The van der Waals surface area contributed by atoms with E-state index in [1.165, 1.54) is 6.07 Å². The number of carbonyl (C=O) groups excluding carboxylic acids is 2. The van der Waals surface area contributed by atoms with E-state index in [1.54, 1.807) is 19.1 Å². The van der Waals surface area contributed by atoms with E-state index in [2.05, 4.69) is 20.4 Å². The van der Waals surface area contributed by atoms with Crippen molar-refractivity contribution < 1.29 is 14.0 Å². The third-order valence-electron chi connectivity index (χ3n) is 5.47. The Labute approximate surface area is 177 Å². The first kappa shape index (κ1) is 21.9. The van der Waals surface area contributed by atoms with Gasteiger partial charge in [-0.3, -0.25) is 19.4 Å². The van der Waals surface area contributed by atoms with Crippen molar-refractivity contribution in [1.82, 2.24) is 15.1 Å². The number of piperazine rings is 1. The van der Waals surface area contributed by atoms with Crippen LogP contribution in [0, 0.1) is 12.7 Å². The molecule has 1 aliphatic heterocycles. The van der Waals surface area contributed by atoms with Crippen LogP contribution in [-0.4, -0.2) is 60.4 Å². The maximum absolute atomic E-state index is 13.7. The Hall–Kier alpha value is -2.77. The van der Waals surface area contributed by atoms with Gasteiger partial charge in [-0.2, -0.15) is 0 Å². The van der Waals surface area contributed by atoms with Gasteiger partial charge < -0.3 is 10.6 Å². The second-order valence-electron chi connectivity index (χ2n) is 7.70. The van der Waals surface area contributed by atoms with E-state index in [-0.39, 0.29) is 23.7 Å². The number of halogens is 1. The predicted octanol–water partition coefficient (Wildman–Crippen LogP) is 2.40. The molecule has 2 N–H and O–H groups in total. The minimum Gasteiger partial charge on any atom is -0.351 e. The lowest BCUT2D eigenvalue weighted by Crippen LogP contribution is -2.54. The van der Waals surface area contributed by atoms with Crippen molar-refractivity contribution in [3.63, 3.8) is 0 Å². The quantitative estimate of drug-likeness (QED) is 0.733. The summed E-state index contributed by atoms with van der Waals surface area (Å²) in [7, 11) is 0. The molecule has 2 aromatic carbocycles. The van der Waals surface area contributed by atoms with Gasteiger partial charge in [-0.25, -0.2) is 4.39 Å². The molecule has 1 atom stereocenters. The van der Waals surface area contributed by atoms with E-state index in [1.807, 2.05) is 37.3 Å². The van der Waals surface area contributed by atoms with Crippen molar-refractivity contribution in [1.29, 1.82) is 0 Å². The van der Waals surface area contributed by atoms with Crippen molar-refractivity contribution in [3.8, 4) is 0 Å². The highest BCUT2D eigenvalue weighted by Crippen LogP contribution is 2.15. The Morgan fingerprint density at radius 2 is 1.77 bits per heavy atom. The Kier molecular flexibility index (Phi) is 7.54. The summed E-state index contributed by atoms with van der Waals surface area (Å²) in [5.74, 6) is -0.494. The lowest BCUT2D eigenvalue weighted by atomic mass is 10.2. The van der Waals surface area contributed by atoms with Crippen LogP contribution >= 0.6 is 0 Å².